The number of aromatic amines is 1. The highest BCUT2D eigenvalue weighted by Gasteiger charge is 2.15. The SMILES string of the molecule is O=C(C=C(O)c1cn(Cc2ccccc2F)cc1CCc1ccccc1)c1ncn[nH]1. The number of ketones is 1. The van der Waals surface area contributed by atoms with E-state index in [-0.39, 0.29) is 17.4 Å². The van der Waals surface area contributed by atoms with E-state index in [4.69, 9.17) is 0 Å². The van der Waals surface area contributed by atoms with Gasteiger partial charge in [0.25, 0.3) is 0 Å². The minimum Gasteiger partial charge on any atom is -0.507 e. The van der Waals surface area contributed by atoms with Gasteiger partial charge < -0.3 is 9.67 Å². The van der Waals surface area contributed by atoms with Gasteiger partial charge in [-0.3, -0.25) is 9.89 Å². The molecule has 31 heavy (non-hydrogen) atoms. The minimum atomic E-state index is -0.481. The van der Waals surface area contributed by atoms with Crippen LogP contribution in [0.3, 0.4) is 0 Å². The number of halogens is 1. The number of nitrogens with zero attached hydrogens (tertiary/aromatic N) is 3. The van der Waals surface area contributed by atoms with Gasteiger partial charge >= 0.3 is 0 Å². The third kappa shape index (κ3) is 4.95. The average molecular weight is 416 g/mol. The van der Waals surface area contributed by atoms with Crippen LogP contribution < -0.4 is 0 Å². The van der Waals surface area contributed by atoms with Crippen molar-refractivity contribution in [2.24, 2.45) is 0 Å². The van der Waals surface area contributed by atoms with Gasteiger partial charge in [0.15, 0.2) is 5.82 Å². The second-order valence-electron chi connectivity index (χ2n) is 7.17. The Morgan fingerprint density at radius 3 is 2.55 bits per heavy atom. The molecule has 0 amide bonds. The van der Waals surface area contributed by atoms with Gasteiger partial charge in [-0.25, -0.2) is 9.37 Å². The highest BCUT2D eigenvalue weighted by molar-refractivity contribution is 6.05. The Bertz CT molecular complexity index is 1200. The molecule has 156 valence electrons. The third-order valence-electron chi connectivity index (χ3n) is 4.99. The van der Waals surface area contributed by atoms with Crippen LogP contribution in [0.5, 0.6) is 0 Å². The van der Waals surface area contributed by atoms with Crippen molar-refractivity contribution >= 4 is 11.5 Å². The van der Waals surface area contributed by atoms with Gasteiger partial charge in [0.1, 0.15) is 17.9 Å². The fourth-order valence-corrected chi connectivity index (χ4v) is 3.42. The molecule has 0 saturated heterocycles. The zero-order valence-corrected chi connectivity index (χ0v) is 16.7. The maximum absolute atomic E-state index is 14.1. The van der Waals surface area contributed by atoms with E-state index in [2.05, 4.69) is 15.2 Å². The van der Waals surface area contributed by atoms with E-state index >= 15 is 0 Å². The molecule has 0 unspecified atom stereocenters. The van der Waals surface area contributed by atoms with Crippen LogP contribution in [-0.2, 0) is 19.4 Å². The number of aliphatic hydroxyl groups excluding tert-OH is 1. The molecule has 0 spiro atoms. The summed E-state index contributed by atoms with van der Waals surface area (Å²) in [5, 5.41) is 16.8. The number of benzene rings is 2. The summed E-state index contributed by atoms with van der Waals surface area (Å²) >= 11 is 0. The average Bonchev–Trinajstić information content (AvgIpc) is 3.45. The number of hydrogen-bond acceptors (Lipinski definition) is 4. The molecular formula is C24H21FN4O2. The van der Waals surface area contributed by atoms with Gasteiger partial charge in [0, 0.05) is 36.1 Å². The van der Waals surface area contributed by atoms with Crippen LogP contribution in [0.25, 0.3) is 5.76 Å². The van der Waals surface area contributed by atoms with E-state index in [0.29, 0.717) is 24.1 Å². The van der Waals surface area contributed by atoms with Crippen LogP contribution in [-0.4, -0.2) is 30.6 Å². The first-order valence-corrected chi connectivity index (χ1v) is 9.87. The number of rotatable bonds is 8. The summed E-state index contributed by atoms with van der Waals surface area (Å²) in [6, 6.07) is 16.6. The Kier molecular flexibility index (Phi) is 6.03. The smallest absolute Gasteiger partial charge is 0.226 e. The van der Waals surface area contributed by atoms with E-state index in [0.717, 1.165) is 23.6 Å². The molecule has 0 aliphatic carbocycles. The molecule has 0 bridgehead atoms. The minimum absolute atomic E-state index is 0.0446. The van der Waals surface area contributed by atoms with Gasteiger partial charge in [-0.1, -0.05) is 48.5 Å². The topological polar surface area (TPSA) is 83.8 Å². The molecule has 2 aromatic carbocycles. The Morgan fingerprint density at radius 2 is 1.81 bits per heavy atom. The first-order chi connectivity index (χ1) is 15.1. The third-order valence-corrected chi connectivity index (χ3v) is 4.99. The van der Waals surface area contributed by atoms with Crippen LogP contribution in [0.15, 0.2) is 79.4 Å². The van der Waals surface area contributed by atoms with Gasteiger partial charge in [0.2, 0.25) is 5.78 Å². The summed E-state index contributed by atoms with van der Waals surface area (Å²) in [5.41, 5.74) is 3.09. The molecule has 2 N–H and O–H groups in total. The fraction of sp³-hybridized carbons (Fsp3) is 0.125. The normalized spacial score (nSPS) is 11.6. The van der Waals surface area contributed by atoms with Crippen molar-refractivity contribution in [3.63, 3.8) is 0 Å². The quantitative estimate of drug-likeness (QED) is 0.254. The number of carbonyl (C=O) groups excluding carboxylic acids is 1. The number of allylic oxidation sites excluding steroid dienone is 1. The number of H-pyrrole nitrogens is 1. The Labute approximate surface area is 178 Å². The van der Waals surface area contributed by atoms with Gasteiger partial charge in [-0.15, -0.1) is 0 Å². The Hall–Kier alpha value is -4.00. The lowest BCUT2D eigenvalue weighted by atomic mass is 10.0. The molecule has 2 aromatic heterocycles. The summed E-state index contributed by atoms with van der Waals surface area (Å²) in [5.74, 6) is -0.894. The number of aliphatic hydroxyl groups is 1. The largest absolute Gasteiger partial charge is 0.507 e. The van der Waals surface area contributed by atoms with E-state index < -0.39 is 5.78 Å². The maximum atomic E-state index is 14.1. The molecular weight excluding hydrogens is 395 g/mol. The fourth-order valence-electron chi connectivity index (χ4n) is 3.42. The van der Waals surface area contributed by atoms with Crippen molar-refractivity contribution in [2.45, 2.75) is 19.4 Å². The predicted molar refractivity (Wildman–Crippen MR) is 115 cm³/mol. The van der Waals surface area contributed by atoms with E-state index in [1.807, 2.05) is 41.1 Å². The zero-order valence-electron chi connectivity index (χ0n) is 16.7. The van der Waals surface area contributed by atoms with Crippen LogP contribution in [0, 0.1) is 5.82 Å². The van der Waals surface area contributed by atoms with Gasteiger partial charge in [-0.2, -0.15) is 5.10 Å². The van der Waals surface area contributed by atoms with E-state index in [9.17, 15) is 14.3 Å². The summed E-state index contributed by atoms with van der Waals surface area (Å²) in [7, 11) is 0. The summed E-state index contributed by atoms with van der Waals surface area (Å²) in [6.07, 6.45) is 7.38. The lowest BCUT2D eigenvalue weighted by Crippen LogP contribution is -2.00. The Morgan fingerprint density at radius 1 is 1.03 bits per heavy atom. The summed E-state index contributed by atoms with van der Waals surface area (Å²) < 4.78 is 15.9. The van der Waals surface area contributed by atoms with E-state index in [1.165, 1.54) is 12.4 Å². The predicted octanol–water partition coefficient (Wildman–Crippen LogP) is 4.36. The number of aromatic nitrogens is 4. The highest BCUT2D eigenvalue weighted by Crippen LogP contribution is 2.22. The number of nitrogens with one attached hydrogen (secondary N) is 1. The van der Waals surface area contributed by atoms with Crippen molar-refractivity contribution in [3.8, 4) is 0 Å². The number of carbonyl (C=O) groups is 1. The van der Waals surface area contributed by atoms with Crippen LogP contribution in [0.1, 0.15) is 32.9 Å². The second kappa shape index (κ2) is 9.21. The summed E-state index contributed by atoms with van der Waals surface area (Å²) in [4.78, 5) is 16.1. The van der Waals surface area contributed by atoms with Crippen LogP contribution in [0.4, 0.5) is 4.39 Å². The van der Waals surface area contributed by atoms with Crippen molar-refractivity contribution in [1.29, 1.82) is 0 Å². The number of hydrogen-bond donors (Lipinski definition) is 2. The molecule has 0 aliphatic rings. The summed E-state index contributed by atoms with van der Waals surface area (Å²) in [6.45, 7) is 0.314. The van der Waals surface area contributed by atoms with E-state index in [1.54, 1.807) is 24.4 Å². The van der Waals surface area contributed by atoms with Crippen molar-refractivity contribution < 1.29 is 14.3 Å². The first-order valence-electron chi connectivity index (χ1n) is 9.87. The molecule has 6 nitrogen and oxygen atoms in total. The molecule has 7 heteroatoms. The number of aryl methyl sites for hydroxylation is 2. The van der Waals surface area contributed by atoms with Crippen LogP contribution in [0.2, 0.25) is 0 Å². The lowest BCUT2D eigenvalue weighted by molar-refractivity contribution is 0.103. The van der Waals surface area contributed by atoms with Gasteiger partial charge in [-0.05, 0) is 30.0 Å². The van der Waals surface area contributed by atoms with Gasteiger partial charge in [0.05, 0.1) is 0 Å². The van der Waals surface area contributed by atoms with Crippen molar-refractivity contribution in [2.75, 3.05) is 0 Å². The van der Waals surface area contributed by atoms with Crippen LogP contribution >= 0.6 is 0 Å². The molecule has 0 atom stereocenters. The molecule has 4 aromatic rings. The maximum Gasteiger partial charge on any atom is 0.226 e. The lowest BCUT2D eigenvalue weighted by Gasteiger charge is -2.04. The van der Waals surface area contributed by atoms with Crippen molar-refractivity contribution in [1.82, 2.24) is 19.7 Å². The molecule has 0 fully saturated rings. The molecule has 0 saturated carbocycles. The molecule has 0 aliphatic heterocycles. The Balaban J connectivity index is 1.63. The molecule has 0 radical (unpaired) electrons. The van der Waals surface area contributed by atoms with Crippen molar-refractivity contribution in [3.05, 3.63) is 113 Å². The zero-order chi connectivity index (χ0) is 21.6. The second-order valence-corrected chi connectivity index (χ2v) is 7.17. The first kappa shape index (κ1) is 20.3. The monoisotopic (exact) mass is 416 g/mol. The highest BCUT2D eigenvalue weighted by atomic mass is 19.1. The molecule has 4 rings (SSSR count). The standard InChI is InChI=1S/C24H21FN4O2/c25-21-9-5-4-8-19(21)14-29-13-18(11-10-17-6-2-1-3-7-17)20(15-29)22(30)12-23(31)24-26-16-27-28-24/h1-9,12-13,15-16,30H,10-11,14H2,(H,26,27,28). The molecule has 2 heterocycles.